The van der Waals surface area contributed by atoms with Crippen LogP contribution in [0, 0.1) is 0 Å². The van der Waals surface area contributed by atoms with E-state index < -0.39 is 8.07 Å². The minimum Gasteiger partial charge on any atom is -0.0961 e. The van der Waals surface area contributed by atoms with Crippen molar-refractivity contribution in [2.24, 2.45) is 0 Å². The second-order valence-electron chi connectivity index (χ2n) is 5.17. The Morgan fingerprint density at radius 3 is 2.15 bits per heavy atom. The van der Waals surface area contributed by atoms with Crippen LogP contribution in [0.25, 0.3) is 0 Å². The molecule has 0 aromatic rings. The Morgan fingerprint density at radius 2 is 1.69 bits per heavy atom. The molecular weight excluding hydrogens is 172 g/mol. The molecule has 0 atom stereocenters. The second kappa shape index (κ2) is 6.42. The van der Waals surface area contributed by atoms with Crippen molar-refractivity contribution in [2.45, 2.75) is 65.6 Å². The minimum atomic E-state index is -0.951. The number of hydrogen-bond donors (Lipinski definition) is 0. The third-order valence-electron chi connectivity index (χ3n) is 2.10. The van der Waals surface area contributed by atoms with Crippen molar-refractivity contribution in [1.29, 1.82) is 0 Å². The molecule has 78 valence electrons. The first kappa shape index (κ1) is 13.0. The van der Waals surface area contributed by atoms with Crippen LogP contribution in [0.2, 0.25) is 19.6 Å². The number of hydrogen-bond acceptors (Lipinski definition) is 0. The van der Waals surface area contributed by atoms with Gasteiger partial charge in [-0.05, 0) is 19.8 Å². The van der Waals surface area contributed by atoms with Gasteiger partial charge in [0.1, 0.15) is 0 Å². The summed E-state index contributed by atoms with van der Waals surface area (Å²) in [5, 5.41) is 0. The molecule has 0 radical (unpaired) electrons. The van der Waals surface area contributed by atoms with Crippen molar-refractivity contribution in [2.75, 3.05) is 0 Å². The van der Waals surface area contributed by atoms with Crippen molar-refractivity contribution in [3.8, 4) is 0 Å². The molecule has 13 heavy (non-hydrogen) atoms. The molecule has 0 aliphatic heterocycles. The summed E-state index contributed by atoms with van der Waals surface area (Å²) in [6, 6.07) is 0. The zero-order chi connectivity index (χ0) is 10.3. The molecular formula is C12H26Si. The molecule has 0 saturated carbocycles. The average molecular weight is 198 g/mol. The van der Waals surface area contributed by atoms with Gasteiger partial charge in [-0.3, -0.25) is 0 Å². The third kappa shape index (κ3) is 9.87. The topological polar surface area (TPSA) is 0 Å². The van der Waals surface area contributed by atoms with Crippen molar-refractivity contribution >= 4 is 8.07 Å². The molecule has 0 amide bonds. The van der Waals surface area contributed by atoms with E-state index in [1.807, 2.05) is 0 Å². The van der Waals surface area contributed by atoms with Gasteiger partial charge in [-0.2, -0.15) is 0 Å². The first-order valence-electron chi connectivity index (χ1n) is 5.64. The van der Waals surface area contributed by atoms with Crippen molar-refractivity contribution in [3.05, 3.63) is 11.3 Å². The summed E-state index contributed by atoms with van der Waals surface area (Å²) in [5.74, 6) is 0. The van der Waals surface area contributed by atoms with Crippen molar-refractivity contribution in [1.82, 2.24) is 0 Å². The van der Waals surface area contributed by atoms with Crippen LogP contribution in [0.5, 0.6) is 0 Å². The van der Waals surface area contributed by atoms with E-state index in [2.05, 4.69) is 39.2 Å². The lowest BCUT2D eigenvalue weighted by atomic mass is 10.1. The van der Waals surface area contributed by atoms with Crippen LogP contribution in [-0.4, -0.2) is 8.07 Å². The number of allylic oxidation sites excluding steroid dienone is 1. The van der Waals surface area contributed by atoms with E-state index >= 15 is 0 Å². The fraction of sp³-hybridized carbons (Fsp3) is 0.833. The van der Waals surface area contributed by atoms with E-state index in [4.69, 9.17) is 0 Å². The van der Waals surface area contributed by atoms with Crippen LogP contribution in [0.15, 0.2) is 11.3 Å². The molecule has 0 aliphatic rings. The van der Waals surface area contributed by atoms with E-state index in [1.165, 1.54) is 32.1 Å². The summed E-state index contributed by atoms with van der Waals surface area (Å²) in [6.07, 6.45) is 6.87. The molecule has 0 bridgehead atoms. The molecule has 0 fully saturated rings. The number of rotatable bonds is 6. The maximum atomic E-state index is 2.54. The lowest BCUT2D eigenvalue weighted by Gasteiger charge is -2.11. The minimum absolute atomic E-state index is 0.951. The quantitative estimate of drug-likeness (QED) is 0.425. The normalized spacial score (nSPS) is 13.5. The maximum Gasteiger partial charge on any atom is 0.0686 e. The Morgan fingerprint density at radius 1 is 1.08 bits per heavy atom. The summed E-state index contributed by atoms with van der Waals surface area (Å²) < 4.78 is 0. The molecule has 0 rings (SSSR count). The zero-order valence-corrected chi connectivity index (χ0v) is 11.1. The van der Waals surface area contributed by atoms with Gasteiger partial charge in [0.05, 0.1) is 8.07 Å². The van der Waals surface area contributed by atoms with E-state index in [9.17, 15) is 0 Å². The second-order valence-corrected chi connectivity index (χ2v) is 10.2. The van der Waals surface area contributed by atoms with Gasteiger partial charge in [-0.25, -0.2) is 0 Å². The predicted octanol–water partition coefficient (Wildman–Crippen LogP) is 4.78. The Labute approximate surface area is 85.4 Å². The molecule has 0 aliphatic carbocycles. The maximum absolute atomic E-state index is 2.54. The summed E-state index contributed by atoms with van der Waals surface area (Å²) in [7, 11) is -0.951. The van der Waals surface area contributed by atoms with Gasteiger partial charge in [0.2, 0.25) is 0 Å². The highest BCUT2D eigenvalue weighted by atomic mass is 28.3. The monoisotopic (exact) mass is 198 g/mol. The fourth-order valence-electron chi connectivity index (χ4n) is 1.64. The molecule has 0 heterocycles. The van der Waals surface area contributed by atoms with Gasteiger partial charge >= 0.3 is 0 Å². The Hall–Kier alpha value is -0.0431. The van der Waals surface area contributed by atoms with E-state index in [1.54, 1.807) is 5.57 Å². The highest BCUT2D eigenvalue weighted by Crippen LogP contribution is 2.13. The fourth-order valence-corrected chi connectivity index (χ4v) is 3.26. The predicted molar refractivity (Wildman–Crippen MR) is 65.9 cm³/mol. The molecule has 0 N–H and O–H groups in total. The van der Waals surface area contributed by atoms with Crippen molar-refractivity contribution in [3.63, 3.8) is 0 Å². The van der Waals surface area contributed by atoms with Crippen LogP contribution in [-0.2, 0) is 0 Å². The van der Waals surface area contributed by atoms with Gasteiger partial charge in [-0.15, -0.1) is 0 Å². The molecule has 0 saturated heterocycles. The summed E-state index contributed by atoms with van der Waals surface area (Å²) >= 11 is 0. The van der Waals surface area contributed by atoms with Gasteiger partial charge in [-0.1, -0.05) is 57.1 Å². The largest absolute Gasteiger partial charge is 0.0961 e. The number of unbranched alkanes of at least 4 members (excludes halogenated alkanes) is 3. The molecule has 0 aromatic carbocycles. The standard InChI is InChI=1S/C12H26Si/c1-6-7-8-9-10-12(2)11-13(3,4)5/h11H,6-10H2,1-5H3/b12-11+. The van der Waals surface area contributed by atoms with Crippen LogP contribution < -0.4 is 0 Å². The van der Waals surface area contributed by atoms with Crippen LogP contribution >= 0.6 is 0 Å². The SMILES string of the molecule is CCCCCC/C(C)=C/[Si](C)(C)C. The Kier molecular flexibility index (Phi) is 6.40. The summed E-state index contributed by atoms with van der Waals surface area (Å²) in [6.45, 7) is 11.8. The van der Waals surface area contributed by atoms with Gasteiger partial charge < -0.3 is 0 Å². The van der Waals surface area contributed by atoms with Gasteiger partial charge in [0.15, 0.2) is 0 Å². The van der Waals surface area contributed by atoms with Gasteiger partial charge in [0.25, 0.3) is 0 Å². The first-order valence-corrected chi connectivity index (χ1v) is 9.22. The van der Waals surface area contributed by atoms with Crippen molar-refractivity contribution < 1.29 is 0 Å². The van der Waals surface area contributed by atoms with E-state index in [-0.39, 0.29) is 0 Å². The molecule has 0 spiro atoms. The van der Waals surface area contributed by atoms with Crippen LogP contribution in [0.3, 0.4) is 0 Å². The molecule has 0 unspecified atom stereocenters. The Balaban J connectivity index is 3.62. The van der Waals surface area contributed by atoms with Crippen LogP contribution in [0.4, 0.5) is 0 Å². The smallest absolute Gasteiger partial charge is 0.0686 e. The van der Waals surface area contributed by atoms with E-state index in [0.29, 0.717) is 0 Å². The Bertz CT molecular complexity index is 151. The van der Waals surface area contributed by atoms with Gasteiger partial charge in [0, 0.05) is 0 Å². The van der Waals surface area contributed by atoms with E-state index in [0.717, 1.165) is 0 Å². The lowest BCUT2D eigenvalue weighted by molar-refractivity contribution is 0.664. The summed E-state index contributed by atoms with van der Waals surface area (Å²) in [4.78, 5) is 0. The molecule has 0 nitrogen and oxygen atoms in total. The zero-order valence-electron chi connectivity index (χ0n) is 10.1. The highest BCUT2D eigenvalue weighted by molar-refractivity contribution is 6.81. The first-order chi connectivity index (χ1) is 5.95. The molecule has 1 heteroatoms. The third-order valence-corrected chi connectivity index (χ3v) is 3.46. The van der Waals surface area contributed by atoms with Crippen LogP contribution in [0.1, 0.15) is 46.0 Å². The summed E-state index contributed by atoms with van der Waals surface area (Å²) in [5.41, 5.74) is 4.16. The highest BCUT2D eigenvalue weighted by Gasteiger charge is 2.08. The average Bonchev–Trinajstić information content (AvgIpc) is 1.94. The molecule has 0 aromatic heterocycles. The lowest BCUT2D eigenvalue weighted by Crippen LogP contribution is -2.16.